The van der Waals surface area contributed by atoms with Crippen molar-refractivity contribution in [1.82, 2.24) is 0 Å². The largest absolute Gasteiger partial charge is 0.507 e. The second-order valence-corrected chi connectivity index (χ2v) is 4.32. The van der Waals surface area contributed by atoms with E-state index in [1.54, 1.807) is 60.7 Å². The number of nitrogens with two attached hydrogens (primary N) is 2. The van der Waals surface area contributed by atoms with Gasteiger partial charge in [-0.2, -0.15) is 0 Å². The fourth-order valence-corrected chi connectivity index (χ4v) is 1.72. The summed E-state index contributed by atoms with van der Waals surface area (Å²) in [5, 5.41) is 19.3. The second-order valence-electron chi connectivity index (χ2n) is 4.32. The molecule has 0 aliphatic carbocycles. The van der Waals surface area contributed by atoms with Crippen LogP contribution in [0, 0.1) is 0 Å². The fraction of sp³-hybridized carbons (Fsp3) is 0. The quantitative estimate of drug-likeness (QED) is 0.643. The van der Waals surface area contributed by atoms with Crippen molar-refractivity contribution < 1.29 is 10.2 Å². The monoisotopic (exact) mass is 268 g/mol. The van der Waals surface area contributed by atoms with E-state index in [1.807, 2.05) is 0 Å². The maximum atomic E-state index is 9.67. The van der Waals surface area contributed by atoms with Crippen molar-refractivity contribution >= 4 is 12.2 Å². The maximum absolute atomic E-state index is 9.67. The van der Waals surface area contributed by atoms with Gasteiger partial charge in [-0.25, -0.2) is 0 Å². The topological polar surface area (TPSA) is 92.5 Å². The number of para-hydroxylation sites is 2. The van der Waals surface area contributed by atoms with Crippen LogP contribution in [0.25, 0.3) is 12.2 Å². The highest BCUT2D eigenvalue weighted by molar-refractivity contribution is 5.68. The van der Waals surface area contributed by atoms with Crippen molar-refractivity contribution in [2.75, 3.05) is 0 Å². The van der Waals surface area contributed by atoms with E-state index in [-0.39, 0.29) is 11.5 Å². The first-order valence-electron chi connectivity index (χ1n) is 6.08. The molecule has 0 aliphatic heterocycles. The standard InChI is InChI=1S/C16H16N2O2/c17-13(9-11-5-1-3-7-15(11)19)14(18)10-12-6-2-4-8-16(12)20/h1-10,19-20H,17-18H2/b13-9-,14-10?. The van der Waals surface area contributed by atoms with Crippen molar-refractivity contribution in [2.24, 2.45) is 11.5 Å². The first-order chi connectivity index (χ1) is 9.58. The van der Waals surface area contributed by atoms with E-state index in [1.165, 1.54) is 0 Å². The smallest absolute Gasteiger partial charge is 0.122 e. The summed E-state index contributed by atoms with van der Waals surface area (Å²) in [5.74, 6) is 0.261. The van der Waals surface area contributed by atoms with Gasteiger partial charge in [0.2, 0.25) is 0 Å². The summed E-state index contributed by atoms with van der Waals surface area (Å²) in [4.78, 5) is 0. The predicted octanol–water partition coefficient (Wildman–Crippen LogP) is 2.40. The van der Waals surface area contributed by atoms with Crippen LogP contribution in [-0.4, -0.2) is 10.2 Å². The van der Waals surface area contributed by atoms with E-state index in [2.05, 4.69) is 0 Å². The minimum atomic E-state index is 0.130. The Hall–Kier alpha value is -2.88. The fourth-order valence-electron chi connectivity index (χ4n) is 1.72. The predicted molar refractivity (Wildman–Crippen MR) is 80.5 cm³/mol. The summed E-state index contributed by atoms with van der Waals surface area (Å²) >= 11 is 0. The number of phenolic OH excluding ortho intramolecular Hbond substituents is 2. The van der Waals surface area contributed by atoms with Crippen LogP contribution in [0.2, 0.25) is 0 Å². The molecule has 4 heteroatoms. The molecule has 20 heavy (non-hydrogen) atoms. The van der Waals surface area contributed by atoms with Crippen LogP contribution in [0.3, 0.4) is 0 Å². The van der Waals surface area contributed by atoms with E-state index in [0.29, 0.717) is 22.5 Å². The lowest BCUT2D eigenvalue weighted by atomic mass is 10.1. The summed E-state index contributed by atoms with van der Waals surface area (Å²) in [6.45, 7) is 0. The SMILES string of the molecule is NC(=Cc1ccccc1O)/C(N)=C/c1ccccc1O. The Kier molecular flexibility index (Phi) is 3.96. The van der Waals surface area contributed by atoms with Gasteiger partial charge in [-0.1, -0.05) is 36.4 Å². The third-order valence-corrected chi connectivity index (χ3v) is 2.83. The molecule has 4 nitrogen and oxygen atoms in total. The zero-order valence-electron chi connectivity index (χ0n) is 10.8. The summed E-state index contributed by atoms with van der Waals surface area (Å²) < 4.78 is 0. The Bertz CT molecular complexity index is 616. The van der Waals surface area contributed by atoms with Crippen LogP contribution in [-0.2, 0) is 0 Å². The van der Waals surface area contributed by atoms with Gasteiger partial charge in [0.15, 0.2) is 0 Å². The normalized spacial score (nSPS) is 12.4. The zero-order valence-corrected chi connectivity index (χ0v) is 10.8. The minimum absolute atomic E-state index is 0.130. The molecule has 0 spiro atoms. The van der Waals surface area contributed by atoms with Gasteiger partial charge in [0, 0.05) is 11.1 Å². The Balaban J connectivity index is 2.32. The van der Waals surface area contributed by atoms with Crippen LogP contribution in [0.1, 0.15) is 11.1 Å². The van der Waals surface area contributed by atoms with Crippen molar-refractivity contribution in [3.63, 3.8) is 0 Å². The third-order valence-electron chi connectivity index (χ3n) is 2.83. The highest BCUT2D eigenvalue weighted by Gasteiger charge is 2.02. The molecule has 2 aromatic rings. The Morgan fingerprint density at radius 3 is 1.40 bits per heavy atom. The van der Waals surface area contributed by atoms with E-state index >= 15 is 0 Å². The maximum Gasteiger partial charge on any atom is 0.122 e. The van der Waals surface area contributed by atoms with Gasteiger partial charge in [0.05, 0.1) is 11.4 Å². The highest BCUT2D eigenvalue weighted by atomic mass is 16.3. The van der Waals surface area contributed by atoms with Crippen molar-refractivity contribution in [2.45, 2.75) is 0 Å². The molecule has 0 unspecified atom stereocenters. The van der Waals surface area contributed by atoms with E-state index in [9.17, 15) is 10.2 Å². The lowest BCUT2D eigenvalue weighted by molar-refractivity contribution is 0.473. The molecule has 2 aromatic carbocycles. The van der Waals surface area contributed by atoms with E-state index < -0.39 is 0 Å². The molecule has 0 fully saturated rings. The number of benzene rings is 2. The van der Waals surface area contributed by atoms with Crippen molar-refractivity contribution in [1.29, 1.82) is 0 Å². The van der Waals surface area contributed by atoms with Crippen LogP contribution in [0.4, 0.5) is 0 Å². The molecule has 0 bridgehead atoms. The highest BCUT2D eigenvalue weighted by Crippen LogP contribution is 2.21. The number of aromatic hydroxyl groups is 2. The van der Waals surface area contributed by atoms with Crippen LogP contribution < -0.4 is 11.5 Å². The average Bonchev–Trinajstić information content (AvgIpc) is 2.43. The van der Waals surface area contributed by atoms with Crippen LogP contribution in [0.15, 0.2) is 59.9 Å². The molecule has 0 atom stereocenters. The first-order valence-corrected chi connectivity index (χ1v) is 6.08. The molecular weight excluding hydrogens is 252 g/mol. The molecule has 0 aliphatic rings. The van der Waals surface area contributed by atoms with E-state index in [0.717, 1.165) is 0 Å². The number of hydrogen-bond acceptors (Lipinski definition) is 4. The van der Waals surface area contributed by atoms with Crippen molar-refractivity contribution in [3.8, 4) is 11.5 Å². The first kappa shape index (κ1) is 13.5. The van der Waals surface area contributed by atoms with Gasteiger partial charge < -0.3 is 21.7 Å². The lowest BCUT2D eigenvalue weighted by Gasteiger charge is -2.05. The number of rotatable bonds is 3. The van der Waals surface area contributed by atoms with Gasteiger partial charge in [-0.3, -0.25) is 0 Å². The van der Waals surface area contributed by atoms with Crippen LogP contribution >= 0.6 is 0 Å². The van der Waals surface area contributed by atoms with Gasteiger partial charge >= 0.3 is 0 Å². The molecule has 0 saturated carbocycles. The summed E-state index contributed by atoms with van der Waals surface area (Å²) in [7, 11) is 0. The van der Waals surface area contributed by atoms with Gasteiger partial charge in [-0.05, 0) is 24.3 Å². The summed E-state index contributed by atoms with van der Waals surface area (Å²) in [6.07, 6.45) is 3.17. The Morgan fingerprint density at radius 2 is 1.05 bits per heavy atom. The van der Waals surface area contributed by atoms with Gasteiger partial charge in [0.25, 0.3) is 0 Å². The second kappa shape index (κ2) is 5.84. The molecule has 0 heterocycles. The van der Waals surface area contributed by atoms with Crippen molar-refractivity contribution in [3.05, 3.63) is 71.1 Å². The molecule has 0 saturated heterocycles. The number of phenols is 2. The molecular formula is C16H16N2O2. The minimum Gasteiger partial charge on any atom is -0.507 e. The summed E-state index contributed by atoms with van der Waals surface area (Å²) in [6, 6.07) is 13.6. The molecule has 2 rings (SSSR count). The average molecular weight is 268 g/mol. The Labute approximate surface area is 117 Å². The number of hydrogen-bond donors (Lipinski definition) is 4. The molecule has 0 aromatic heterocycles. The third kappa shape index (κ3) is 3.11. The lowest BCUT2D eigenvalue weighted by Crippen LogP contribution is -2.08. The van der Waals surface area contributed by atoms with Crippen LogP contribution in [0.5, 0.6) is 11.5 Å². The van der Waals surface area contributed by atoms with Gasteiger partial charge in [-0.15, -0.1) is 0 Å². The van der Waals surface area contributed by atoms with E-state index in [4.69, 9.17) is 11.5 Å². The Morgan fingerprint density at radius 1 is 0.700 bits per heavy atom. The molecule has 102 valence electrons. The molecule has 0 amide bonds. The molecule has 0 radical (unpaired) electrons. The molecule has 6 N–H and O–H groups in total. The zero-order chi connectivity index (χ0) is 14.5. The summed E-state index contributed by atoms with van der Waals surface area (Å²) in [5.41, 5.74) is 13.6. The van der Waals surface area contributed by atoms with Gasteiger partial charge in [0.1, 0.15) is 11.5 Å².